The average molecular weight is 540 g/mol. The summed E-state index contributed by atoms with van der Waals surface area (Å²) in [6, 6.07) is 5.15. The van der Waals surface area contributed by atoms with Gasteiger partial charge in [-0.25, -0.2) is 4.98 Å². The largest absolute Gasteiger partial charge is 0.478 e. The van der Waals surface area contributed by atoms with E-state index in [2.05, 4.69) is 37.7 Å². The molecule has 2 unspecified atom stereocenters. The van der Waals surface area contributed by atoms with Crippen LogP contribution in [-0.4, -0.2) is 44.3 Å². The molecule has 38 heavy (non-hydrogen) atoms. The number of nitrogens with zero attached hydrogens (tertiary/aromatic N) is 3. The van der Waals surface area contributed by atoms with E-state index in [4.69, 9.17) is 14.5 Å². The van der Waals surface area contributed by atoms with Gasteiger partial charge in [0.2, 0.25) is 5.88 Å². The van der Waals surface area contributed by atoms with Crippen molar-refractivity contribution < 1.29 is 9.47 Å². The fourth-order valence-electron chi connectivity index (χ4n) is 4.47. The summed E-state index contributed by atoms with van der Waals surface area (Å²) in [6.45, 7) is 11.6. The molecule has 0 saturated heterocycles. The molecule has 5 nitrogen and oxygen atoms in total. The van der Waals surface area contributed by atoms with Crippen molar-refractivity contribution in [3.05, 3.63) is 30.7 Å². The number of unbranched alkanes of at least 4 members (excludes halogenated alkanes) is 6. The zero-order chi connectivity index (χ0) is 27.3. The molecule has 0 amide bonds. The highest BCUT2D eigenvalue weighted by Crippen LogP contribution is 2.20. The van der Waals surface area contributed by atoms with E-state index in [1.807, 2.05) is 30.7 Å². The number of ether oxygens (including phenoxy) is 2. The van der Waals surface area contributed by atoms with Crippen LogP contribution in [0.4, 0.5) is 0 Å². The van der Waals surface area contributed by atoms with Crippen molar-refractivity contribution in [1.29, 1.82) is 0 Å². The Hall–Kier alpha value is -1.79. The molecular weight excluding hydrogens is 486 g/mol. The lowest BCUT2D eigenvalue weighted by atomic mass is 9.96. The summed E-state index contributed by atoms with van der Waals surface area (Å²) >= 11 is 0. The molecule has 0 aliphatic rings. The minimum absolute atomic E-state index is 0.659. The lowest BCUT2D eigenvalue weighted by Gasteiger charge is -2.13. The van der Waals surface area contributed by atoms with Gasteiger partial charge in [0, 0.05) is 42.6 Å². The number of aromatic nitrogens is 3. The van der Waals surface area contributed by atoms with E-state index in [9.17, 15) is 0 Å². The van der Waals surface area contributed by atoms with Crippen LogP contribution in [0.5, 0.6) is 5.88 Å². The predicted octanol–water partition coefficient (Wildman–Crippen LogP) is 8.07. The van der Waals surface area contributed by atoms with Crippen molar-refractivity contribution in [2.45, 2.75) is 117 Å². The van der Waals surface area contributed by atoms with Crippen molar-refractivity contribution in [2.24, 2.45) is 11.8 Å². The van der Waals surface area contributed by atoms with E-state index >= 15 is 0 Å². The van der Waals surface area contributed by atoms with Gasteiger partial charge in [-0.3, -0.25) is 9.97 Å². The van der Waals surface area contributed by atoms with Gasteiger partial charge in [-0.2, -0.15) is 0 Å². The first kappa shape index (κ1) is 32.4. The molecule has 0 fully saturated rings. The average Bonchev–Trinajstić information content (AvgIpc) is 2.94. The van der Waals surface area contributed by atoms with Crippen LogP contribution in [-0.2, 0) is 4.74 Å². The Labute approximate surface area is 235 Å². The molecule has 0 N–H and O–H groups in total. The van der Waals surface area contributed by atoms with Gasteiger partial charge in [0.05, 0.1) is 18.5 Å². The van der Waals surface area contributed by atoms with Gasteiger partial charge in [-0.05, 0) is 37.2 Å². The maximum atomic E-state index is 5.79. The van der Waals surface area contributed by atoms with Crippen molar-refractivity contribution in [1.82, 2.24) is 15.0 Å². The van der Waals surface area contributed by atoms with Gasteiger partial charge in [0.15, 0.2) is 0 Å². The number of hydrogen-bond donors (Lipinski definition) is 0. The molecule has 0 aromatic carbocycles. The molecule has 0 bridgehead atoms. The monoisotopic (exact) mass is 539 g/mol. The normalized spacial score (nSPS) is 12.9. The summed E-state index contributed by atoms with van der Waals surface area (Å²) in [4.78, 5) is 13.8. The zero-order valence-corrected chi connectivity index (χ0v) is 25.7. The lowest BCUT2D eigenvalue weighted by molar-refractivity contribution is 0.123. The summed E-state index contributed by atoms with van der Waals surface area (Å²) in [5, 5.41) is 1.09. The molecule has 2 aromatic rings. The molecule has 2 rings (SSSR count). The van der Waals surface area contributed by atoms with E-state index in [-0.39, 0.29) is 0 Å². The Kier molecular flexibility index (Phi) is 18.0. The SMILES string of the molecule is CCCCCC(C)CCCCCC(C)C[Si]c1cncc(-c2ccc(OCCCCOCCCC)nc2)n1. The molecule has 0 saturated carbocycles. The summed E-state index contributed by atoms with van der Waals surface area (Å²) in [6.07, 6.45) is 22.3. The Bertz CT molecular complexity index is 834. The molecule has 2 aromatic heterocycles. The second-order valence-corrected chi connectivity index (χ2v) is 12.2. The summed E-state index contributed by atoms with van der Waals surface area (Å²) < 4.78 is 11.4. The van der Waals surface area contributed by atoms with Crippen LogP contribution >= 0.6 is 0 Å². The van der Waals surface area contributed by atoms with Crippen LogP contribution in [0.15, 0.2) is 30.7 Å². The molecule has 2 atom stereocenters. The van der Waals surface area contributed by atoms with Crippen LogP contribution in [0.25, 0.3) is 11.3 Å². The molecule has 0 spiro atoms. The van der Waals surface area contributed by atoms with Crippen LogP contribution in [0.1, 0.15) is 111 Å². The second-order valence-electron chi connectivity index (χ2n) is 10.9. The maximum Gasteiger partial charge on any atom is 0.213 e. The van der Waals surface area contributed by atoms with E-state index in [1.165, 1.54) is 70.3 Å². The van der Waals surface area contributed by atoms with E-state index in [1.54, 1.807) is 0 Å². The fourth-order valence-corrected chi connectivity index (χ4v) is 5.60. The first-order valence-corrected chi connectivity index (χ1v) is 16.6. The lowest BCUT2D eigenvalue weighted by Crippen LogP contribution is -2.21. The Morgan fingerprint density at radius 1 is 0.737 bits per heavy atom. The van der Waals surface area contributed by atoms with Gasteiger partial charge >= 0.3 is 0 Å². The van der Waals surface area contributed by atoms with Gasteiger partial charge in [-0.1, -0.05) is 97.9 Å². The molecule has 2 radical (unpaired) electrons. The van der Waals surface area contributed by atoms with Crippen molar-refractivity contribution in [3.8, 4) is 17.1 Å². The highest BCUT2D eigenvalue weighted by Gasteiger charge is 2.09. The van der Waals surface area contributed by atoms with Crippen LogP contribution in [0.3, 0.4) is 0 Å². The minimum Gasteiger partial charge on any atom is -0.478 e. The summed E-state index contributed by atoms with van der Waals surface area (Å²) in [5.41, 5.74) is 1.87. The van der Waals surface area contributed by atoms with Gasteiger partial charge in [-0.15, -0.1) is 0 Å². The molecule has 212 valence electrons. The Morgan fingerprint density at radius 2 is 1.45 bits per heavy atom. The molecular formula is C32H53N3O2Si. The van der Waals surface area contributed by atoms with Crippen LogP contribution < -0.4 is 10.1 Å². The number of hydrogen-bond acceptors (Lipinski definition) is 5. The van der Waals surface area contributed by atoms with E-state index in [0.29, 0.717) is 22.0 Å². The highest BCUT2D eigenvalue weighted by atomic mass is 28.2. The third-order valence-electron chi connectivity index (χ3n) is 7.07. The topological polar surface area (TPSA) is 57.1 Å². The van der Waals surface area contributed by atoms with Crippen molar-refractivity contribution >= 4 is 14.8 Å². The van der Waals surface area contributed by atoms with Crippen LogP contribution in [0, 0.1) is 11.8 Å². The highest BCUT2D eigenvalue weighted by molar-refractivity contribution is 6.52. The Balaban J connectivity index is 1.63. The van der Waals surface area contributed by atoms with Gasteiger partial charge < -0.3 is 9.47 Å². The smallest absolute Gasteiger partial charge is 0.213 e. The Morgan fingerprint density at radius 3 is 2.18 bits per heavy atom. The van der Waals surface area contributed by atoms with Gasteiger partial charge in [0.1, 0.15) is 9.52 Å². The predicted molar refractivity (Wildman–Crippen MR) is 161 cm³/mol. The maximum absolute atomic E-state index is 5.79. The molecule has 0 aliphatic carbocycles. The van der Waals surface area contributed by atoms with Crippen molar-refractivity contribution in [3.63, 3.8) is 0 Å². The van der Waals surface area contributed by atoms with Crippen molar-refractivity contribution in [2.75, 3.05) is 19.8 Å². The van der Waals surface area contributed by atoms with Gasteiger partial charge in [0.25, 0.3) is 0 Å². The number of pyridine rings is 1. The fraction of sp³-hybridized carbons (Fsp3) is 0.719. The zero-order valence-electron chi connectivity index (χ0n) is 24.7. The number of rotatable bonds is 23. The minimum atomic E-state index is 0.659. The third-order valence-corrected chi connectivity index (χ3v) is 8.57. The standard InChI is InChI=1S/C32H53N3O2Si/c1-5-7-10-15-27(3)16-11-9-12-17-28(4)26-38-32-25-33-24-30(35-32)29-18-19-31(34-23-29)37-22-14-13-21-36-20-8-6-2/h18-19,23-25,27-28H,5-17,20-22,26H2,1-4H3. The van der Waals surface area contributed by atoms with E-state index in [0.717, 1.165) is 60.9 Å². The van der Waals surface area contributed by atoms with Crippen LogP contribution in [0.2, 0.25) is 6.04 Å². The quantitative estimate of drug-likeness (QED) is 0.106. The third kappa shape index (κ3) is 15.0. The van der Waals surface area contributed by atoms with E-state index < -0.39 is 0 Å². The molecule has 6 heteroatoms. The summed E-state index contributed by atoms with van der Waals surface area (Å²) in [5.74, 6) is 2.30. The first-order chi connectivity index (χ1) is 18.6. The summed E-state index contributed by atoms with van der Waals surface area (Å²) in [7, 11) is 0.702. The first-order valence-electron chi connectivity index (χ1n) is 15.3. The molecule has 2 heterocycles. The second kappa shape index (κ2) is 21.1. The molecule has 0 aliphatic heterocycles.